The number of sulfonamides is 1. The van der Waals surface area contributed by atoms with Gasteiger partial charge in [0, 0.05) is 18.7 Å². The summed E-state index contributed by atoms with van der Waals surface area (Å²) in [4.78, 5) is 10.4. The lowest BCUT2D eigenvalue weighted by Crippen LogP contribution is -2.52. The molecule has 0 atom stereocenters. The quantitative estimate of drug-likeness (QED) is 0.619. The number of anilines is 1. The molecule has 0 bridgehead atoms. The molecular formula is C13H19N3O4S. The molecule has 0 spiro atoms. The normalized spacial score (nSPS) is 17.0. The summed E-state index contributed by atoms with van der Waals surface area (Å²) in [5.74, 6) is 0. The van der Waals surface area contributed by atoms with Gasteiger partial charge in [0.05, 0.1) is 9.82 Å². The first kappa shape index (κ1) is 15.7. The van der Waals surface area contributed by atoms with Crippen LogP contribution >= 0.6 is 0 Å². The lowest BCUT2D eigenvalue weighted by Gasteiger charge is -2.41. The molecule has 1 fully saturated rings. The van der Waals surface area contributed by atoms with Crippen molar-refractivity contribution in [2.75, 3.05) is 12.4 Å². The topological polar surface area (TPSA) is 101 Å². The molecule has 2 rings (SSSR count). The molecule has 0 unspecified atom stereocenters. The molecule has 1 aromatic carbocycles. The smallest absolute Gasteiger partial charge is 0.292 e. The number of rotatable bonds is 6. The highest BCUT2D eigenvalue weighted by Crippen LogP contribution is 2.36. The number of hydrogen-bond donors (Lipinski definition) is 2. The van der Waals surface area contributed by atoms with E-state index in [2.05, 4.69) is 10.0 Å². The average Bonchev–Trinajstić information content (AvgIpc) is 2.42. The van der Waals surface area contributed by atoms with Crippen molar-refractivity contribution in [3.8, 4) is 0 Å². The van der Waals surface area contributed by atoms with Crippen molar-refractivity contribution in [3.05, 3.63) is 28.3 Å². The molecule has 2 N–H and O–H groups in total. The zero-order valence-electron chi connectivity index (χ0n) is 12.0. The summed E-state index contributed by atoms with van der Waals surface area (Å²) >= 11 is 0. The molecule has 0 saturated heterocycles. The molecule has 0 aromatic heterocycles. The number of benzene rings is 1. The SMILES string of the molecule is CCC1(NS(=O)(=O)c2ccc([N+](=O)[O-])c(NC)c2)CCC1. The minimum Gasteiger partial charge on any atom is -0.383 e. The highest BCUT2D eigenvalue weighted by atomic mass is 32.2. The molecule has 7 nitrogen and oxygen atoms in total. The summed E-state index contributed by atoms with van der Waals surface area (Å²) < 4.78 is 27.6. The third-order valence-electron chi connectivity index (χ3n) is 4.08. The first-order chi connectivity index (χ1) is 9.83. The Morgan fingerprint density at radius 1 is 1.38 bits per heavy atom. The third-order valence-corrected chi connectivity index (χ3v) is 5.66. The second-order valence-electron chi connectivity index (χ2n) is 5.28. The largest absolute Gasteiger partial charge is 0.383 e. The number of nitrogens with one attached hydrogen (secondary N) is 2. The van der Waals surface area contributed by atoms with Crippen LogP contribution in [0, 0.1) is 10.1 Å². The van der Waals surface area contributed by atoms with E-state index in [1.807, 2.05) is 6.92 Å². The number of nitro benzene ring substituents is 1. The van der Waals surface area contributed by atoms with Crippen molar-refractivity contribution in [1.82, 2.24) is 4.72 Å². The van der Waals surface area contributed by atoms with Crippen LogP contribution in [-0.2, 0) is 10.0 Å². The second-order valence-corrected chi connectivity index (χ2v) is 6.96. The Kier molecular flexibility index (Phi) is 4.20. The highest BCUT2D eigenvalue weighted by Gasteiger charge is 2.39. The van der Waals surface area contributed by atoms with Crippen molar-refractivity contribution in [2.24, 2.45) is 0 Å². The highest BCUT2D eigenvalue weighted by molar-refractivity contribution is 7.89. The van der Waals surface area contributed by atoms with E-state index >= 15 is 0 Å². The Morgan fingerprint density at radius 2 is 2.05 bits per heavy atom. The van der Waals surface area contributed by atoms with E-state index in [1.54, 1.807) is 0 Å². The predicted octanol–water partition coefficient (Wildman–Crippen LogP) is 2.25. The van der Waals surface area contributed by atoms with Crippen molar-refractivity contribution in [1.29, 1.82) is 0 Å². The lowest BCUT2D eigenvalue weighted by atomic mass is 9.76. The van der Waals surface area contributed by atoms with E-state index in [-0.39, 0.29) is 21.8 Å². The van der Waals surface area contributed by atoms with Crippen molar-refractivity contribution in [3.63, 3.8) is 0 Å². The third kappa shape index (κ3) is 3.01. The average molecular weight is 313 g/mol. The number of hydrogen-bond acceptors (Lipinski definition) is 5. The second kappa shape index (κ2) is 5.61. The summed E-state index contributed by atoms with van der Waals surface area (Å²) in [6.07, 6.45) is 3.40. The zero-order chi connectivity index (χ0) is 15.7. The molecule has 116 valence electrons. The van der Waals surface area contributed by atoms with E-state index < -0.39 is 14.9 Å². The maximum atomic E-state index is 12.4. The Hall–Kier alpha value is -1.67. The van der Waals surface area contributed by atoms with Gasteiger partial charge in [0.15, 0.2) is 0 Å². The summed E-state index contributed by atoms with van der Waals surface area (Å²) in [7, 11) is -2.16. The van der Waals surface area contributed by atoms with Crippen molar-refractivity contribution < 1.29 is 13.3 Å². The Labute approximate surface area is 123 Å². The summed E-state index contributed by atoms with van der Waals surface area (Å²) in [6.45, 7) is 1.95. The van der Waals surface area contributed by atoms with Gasteiger partial charge in [0.2, 0.25) is 10.0 Å². The van der Waals surface area contributed by atoms with Crippen LogP contribution in [0.2, 0.25) is 0 Å². The first-order valence-electron chi connectivity index (χ1n) is 6.84. The fraction of sp³-hybridized carbons (Fsp3) is 0.538. The molecule has 1 aliphatic rings. The van der Waals surface area contributed by atoms with Crippen molar-refractivity contribution in [2.45, 2.75) is 43.0 Å². The van der Waals surface area contributed by atoms with E-state index in [0.717, 1.165) is 25.7 Å². The predicted molar refractivity (Wildman–Crippen MR) is 79.8 cm³/mol. The van der Waals surface area contributed by atoms with E-state index in [9.17, 15) is 18.5 Å². The molecule has 21 heavy (non-hydrogen) atoms. The van der Waals surface area contributed by atoms with Gasteiger partial charge in [-0.15, -0.1) is 0 Å². The van der Waals surface area contributed by atoms with Gasteiger partial charge in [-0.2, -0.15) is 0 Å². The fourth-order valence-electron chi connectivity index (χ4n) is 2.52. The van der Waals surface area contributed by atoms with Gasteiger partial charge in [-0.3, -0.25) is 10.1 Å². The summed E-state index contributed by atoms with van der Waals surface area (Å²) in [6, 6.07) is 3.77. The minimum atomic E-state index is -3.68. The first-order valence-corrected chi connectivity index (χ1v) is 8.32. The molecule has 1 saturated carbocycles. The Balaban J connectivity index is 2.34. The molecular weight excluding hydrogens is 294 g/mol. The molecule has 1 aliphatic carbocycles. The van der Waals surface area contributed by atoms with E-state index in [0.29, 0.717) is 0 Å². The van der Waals surface area contributed by atoms with Crippen LogP contribution in [0.5, 0.6) is 0 Å². The monoisotopic (exact) mass is 313 g/mol. The van der Waals surface area contributed by atoms with Crippen LogP contribution in [-0.4, -0.2) is 25.9 Å². The molecule has 8 heteroatoms. The number of nitrogens with zero attached hydrogens (tertiary/aromatic N) is 1. The van der Waals surface area contributed by atoms with Crippen molar-refractivity contribution >= 4 is 21.4 Å². The maximum Gasteiger partial charge on any atom is 0.292 e. The van der Waals surface area contributed by atoms with Crippen LogP contribution < -0.4 is 10.0 Å². The van der Waals surface area contributed by atoms with Crippen LogP contribution in [0.3, 0.4) is 0 Å². The maximum absolute atomic E-state index is 12.4. The number of nitro groups is 1. The van der Waals surface area contributed by atoms with E-state index in [4.69, 9.17) is 0 Å². The fourth-order valence-corrected chi connectivity index (χ4v) is 4.07. The van der Waals surface area contributed by atoms with Gasteiger partial charge in [-0.25, -0.2) is 13.1 Å². The van der Waals surface area contributed by atoms with Gasteiger partial charge in [0.1, 0.15) is 5.69 Å². The Bertz CT molecular complexity index is 648. The molecule has 0 heterocycles. The summed E-state index contributed by atoms with van der Waals surface area (Å²) in [5, 5.41) is 13.5. The standard InChI is InChI=1S/C13H19N3O4S/c1-3-13(7-4-8-13)15-21(19,20)10-5-6-12(16(17)18)11(9-10)14-2/h5-6,9,14-15H,3-4,7-8H2,1-2H3. The Morgan fingerprint density at radius 3 is 2.48 bits per heavy atom. The van der Waals surface area contributed by atoms with E-state index in [1.165, 1.54) is 25.2 Å². The summed E-state index contributed by atoms with van der Waals surface area (Å²) in [5.41, 5.74) is -0.326. The molecule has 0 amide bonds. The molecule has 0 radical (unpaired) electrons. The van der Waals surface area contributed by atoms with Gasteiger partial charge in [-0.05, 0) is 37.8 Å². The zero-order valence-corrected chi connectivity index (χ0v) is 12.9. The molecule has 0 aliphatic heterocycles. The minimum absolute atomic E-state index is 0.0391. The van der Waals surface area contributed by atoms with Crippen LogP contribution in [0.4, 0.5) is 11.4 Å². The van der Waals surface area contributed by atoms with Gasteiger partial charge >= 0.3 is 0 Å². The van der Waals surface area contributed by atoms with Crippen LogP contribution in [0.15, 0.2) is 23.1 Å². The van der Waals surface area contributed by atoms with Gasteiger partial charge < -0.3 is 5.32 Å². The van der Waals surface area contributed by atoms with Gasteiger partial charge in [-0.1, -0.05) is 6.92 Å². The van der Waals surface area contributed by atoms with Crippen LogP contribution in [0.25, 0.3) is 0 Å². The van der Waals surface area contributed by atoms with Gasteiger partial charge in [0.25, 0.3) is 5.69 Å². The van der Waals surface area contributed by atoms with Crippen LogP contribution in [0.1, 0.15) is 32.6 Å². The lowest BCUT2D eigenvalue weighted by molar-refractivity contribution is -0.384. The molecule has 1 aromatic rings.